The smallest absolute Gasteiger partial charge is 0.217 e. The molecule has 0 aliphatic carbocycles. The van der Waals surface area contributed by atoms with E-state index in [0.29, 0.717) is 23.0 Å². The van der Waals surface area contributed by atoms with Gasteiger partial charge in [0.1, 0.15) is 0 Å². The summed E-state index contributed by atoms with van der Waals surface area (Å²) in [5.74, 6) is -0.497. The second-order valence-electron chi connectivity index (χ2n) is 5.88. The average Bonchev–Trinajstić information content (AvgIpc) is 2.70. The molecule has 0 saturated heterocycles. The topological polar surface area (TPSA) is 60.9 Å². The van der Waals surface area contributed by atoms with Crippen molar-refractivity contribution in [3.8, 4) is 0 Å². The number of β-amino-alcohol motifs (C(OH)–C–C–N with tert-alkyl or cyclic N) is 1. The summed E-state index contributed by atoms with van der Waals surface area (Å²) in [6.07, 6.45) is -0.769. The van der Waals surface area contributed by atoms with E-state index >= 15 is 0 Å². The van der Waals surface area contributed by atoms with Gasteiger partial charge in [0.15, 0.2) is 0 Å². The average molecular weight is 265 g/mol. The number of hydrogen-bond donors (Lipinski definition) is 3. The summed E-state index contributed by atoms with van der Waals surface area (Å²) in [6, 6.07) is 3.60. The van der Waals surface area contributed by atoms with Crippen LogP contribution >= 0.6 is 0 Å². The minimum Gasteiger partial charge on any atom is -0.387 e. The Kier molecular flexibility index (Phi) is 3.60. The maximum atomic E-state index is 13.8. The summed E-state index contributed by atoms with van der Waals surface area (Å²) in [5.41, 5.74) is 1.92. The molecular weight excluding hydrogens is 245 g/mol. The lowest BCUT2D eigenvalue weighted by atomic mass is 10.0. The molecule has 104 valence electrons. The van der Waals surface area contributed by atoms with Crippen molar-refractivity contribution in [1.82, 2.24) is 15.5 Å². The predicted octanol–water partition coefficient (Wildman–Crippen LogP) is 2.43. The number of aliphatic hydroxyl groups is 1. The first-order valence-corrected chi connectivity index (χ1v) is 6.36. The van der Waals surface area contributed by atoms with Crippen molar-refractivity contribution in [2.45, 2.75) is 39.3 Å². The van der Waals surface area contributed by atoms with Gasteiger partial charge in [0.25, 0.3) is 0 Å². The zero-order valence-electron chi connectivity index (χ0n) is 11.7. The van der Waals surface area contributed by atoms with Gasteiger partial charge in [-0.05, 0) is 38.8 Å². The number of rotatable bonds is 3. The Hall–Kier alpha value is -1.46. The standard InChI is InChI=1S/C14H20FN3O/c1-8-5-6-9(10(19)7-16-14(2,3)4)11-12(8)17-18-13(11)15/h5-6,10,16,19H,7H2,1-4H3,(H,17,18)/t10-/m0/s1. The minimum absolute atomic E-state index is 0.0975. The highest BCUT2D eigenvalue weighted by Crippen LogP contribution is 2.27. The molecule has 0 amide bonds. The van der Waals surface area contributed by atoms with E-state index < -0.39 is 12.1 Å². The van der Waals surface area contributed by atoms with Crippen LogP contribution in [0, 0.1) is 12.9 Å². The van der Waals surface area contributed by atoms with Crippen LogP contribution in [-0.4, -0.2) is 27.4 Å². The van der Waals surface area contributed by atoms with Crippen LogP contribution in [0.25, 0.3) is 10.9 Å². The number of aryl methyl sites for hydroxylation is 1. The van der Waals surface area contributed by atoms with Gasteiger partial charge in [-0.25, -0.2) is 0 Å². The predicted molar refractivity (Wildman–Crippen MR) is 73.5 cm³/mol. The van der Waals surface area contributed by atoms with Gasteiger partial charge in [-0.2, -0.15) is 9.49 Å². The number of fused-ring (bicyclic) bond motifs is 1. The summed E-state index contributed by atoms with van der Waals surface area (Å²) in [6.45, 7) is 8.28. The Morgan fingerprint density at radius 1 is 1.42 bits per heavy atom. The lowest BCUT2D eigenvalue weighted by Gasteiger charge is -2.23. The number of nitrogens with zero attached hydrogens (tertiary/aromatic N) is 1. The van der Waals surface area contributed by atoms with Crippen molar-refractivity contribution in [2.24, 2.45) is 0 Å². The van der Waals surface area contributed by atoms with Crippen LogP contribution in [0.3, 0.4) is 0 Å². The SMILES string of the molecule is Cc1ccc([C@@H](O)CNC(C)(C)C)c2c(F)[nH]nc12. The number of hydrogen-bond acceptors (Lipinski definition) is 3. The van der Waals surface area contributed by atoms with Crippen LogP contribution in [0.4, 0.5) is 4.39 Å². The normalized spacial score (nSPS) is 14.0. The molecule has 1 aromatic carbocycles. The molecule has 0 saturated carbocycles. The molecule has 0 aliphatic heterocycles. The highest BCUT2D eigenvalue weighted by molar-refractivity contribution is 5.85. The third kappa shape index (κ3) is 2.93. The van der Waals surface area contributed by atoms with Gasteiger partial charge in [0, 0.05) is 12.1 Å². The molecule has 1 aromatic heterocycles. The Labute approximate surface area is 112 Å². The second-order valence-corrected chi connectivity index (χ2v) is 5.88. The van der Waals surface area contributed by atoms with E-state index in [1.165, 1.54) is 0 Å². The maximum Gasteiger partial charge on any atom is 0.217 e. The van der Waals surface area contributed by atoms with Crippen LogP contribution in [0.15, 0.2) is 12.1 Å². The first kappa shape index (κ1) is 14.0. The third-order valence-electron chi connectivity index (χ3n) is 3.08. The van der Waals surface area contributed by atoms with Crippen LogP contribution in [-0.2, 0) is 0 Å². The van der Waals surface area contributed by atoms with E-state index in [4.69, 9.17) is 0 Å². The first-order chi connectivity index (χ1) is 8.79. The third-order valence-corrected chi connectivity index (χ3v) is 3.08. The van der Waals surface area contributed by atoms with E-state index in [9.17, 15) is 9.50 Å². The molecule has 0 aliphatic rings. The Balaban J connectivity index is 2.34. The van der Waals surface area contributed by atoms with Crippen molar-refractivity contribution in [2.75, 3.05) is 6.54 Å². The largest absolute Gasteiger partial charge is 0.387 e. The zero-order valence-corrected chi connectivity index (χ0v) is 11.7. The fourth-order valence-electron chi connectivity index (χ4n) is 2.04. The van der Waals surface area contributed by atoms with Gasteiger partial charge in [-0.15, -0.1) is 0 Å². The fourth-order valence-corrected chi connectivity index (χ4v) is 2.04. The molecule has 5 heteroatoms. The summed E-state index contributed by atoms with van der Waals surface area (Å²) in [7, 11) is 0. The van der Waals surface area contributed by atoms with Crippen molar-refractivity contribution < 1.29 is 9.50 Å². The van der Waals surface area contributed by atoms with E-state index in [1.54, 1.807) is 6.07 Å². The Morgan fingerprint density at radius 2 is 2.11 bits per heavy atom. The molecule has 1 heterocycles. The van der Waals surface area contributed by atoms with Gasteiger partial charge in [-0.1, -0.05) is 12.1 Å². The molecule has 0 radical (unpaired) electrons. The van der Waals surface area contributed by atoms with Crippen molar-refractivity contribution in [3.05, 3.63) is 29.2 Å². The number of halogens is 1. The van der Waals surface area contributed by atoms with Crippen molar-refractivity contribution >= 4 is 10.9 Å². The summed E-state index contributed by atoms with van der Waals surface area (Å²) >= 11 is 0. The molecule has 1 atom stereocenters. The Bertz CT molecular complexity index is 586. The van der Waals surface area contributed by atoms with Crippen LogP contribution < -0.4 is 5.32 Å². The second kappa shape index (κ2) is 4.90. The summed E-state index contributed by atoms with van der Waals surface area (Å²) < 4.78 is 13.8. The molecule has 19 heavy (non-hydrogen) atoms. The van der Waals surface area contributed by atoms with Crippen molar-refractivity contribution in [3.63, 3.8) is 0 Å². The van der Waals surface area contributed by atoms with Gasteiger partial charge >= 0.3 is 0 Å². The minimum atomic E-state index is -0.769. The molecule has 4 nitrogen and oxygen atoms in total. The van der Waals surface area contributed by atoms with Gasteiger partial charge in [-0.3, -0.25) is 5.10 Å². The number of H-pyrrole nitrogens is 1. The number of aromatic nitrogens is 2. The van der Waals surface area contributed by atoms with Gasteiger partial charge in [0.05, 0.1) is 17.0 Å². The highest BCUT2D eigenvalue weighted by atomic mass is 19.1. The fraction of sp³-hybridized carbons (Fsp3) is 0.500. The van der Waals surface area contributed by atoms with E-state index in [1.807, 2.05) is 33.8 Å². The molecule has 3 N–H and O–H groups in total. The van der Waals surface area contributed by atoms with Gasteiger partial charge < -0.3 is 10.4 Å². The van der Waals surface area contributed by atoms with E-state index in [0.717, 1.165) is 5.56 Å². The Morgan fingerprint density at radius 3 is 2.74 bits per heavy atom. The lowest BCUT2D eigenvalue weighted by Crippen LogP contribution is -2.38. The van der Waals surface area contributed by atoms with E-state index in [2.05, 4.69) is 15.5 Å². The van der Waals surface area contributed by atoms with Crippen LogP contribution in [0.5, 0.6) is 0 Å². The molecular formula is C14H20FN3O. The monoisotopic (exact) mass is 265 g/mol. The highest BCUT2D eigenvalue weighted by Gasteiger charge is 2.19. The van der Waals surface area contributed by atoms with Gasteiger partial charge in [0.2, 0.25) is 5.95 Å². The number of nitrogens with one attached hydrogen (secondary N) is 2. The number of aliphatic hydroxyl groups excluding tert-OH is 1. The quantitative estimate of drug-likeness (QED) is 0.798. The molecule has 0 fully saturated rings. The summed E-state index contributed by atoms with van der Waals surface area (Å²) in [5, 5.41) is 20.1. The molecule has 0 unspecified atom stereocenters. The first-order valence-electron chi connectivity index (χ1n) is 6.36. The lowest BCUT2D eigenvalue weighted by molar-refractivity contribution is 0.164. The maximum absolute atomic E-state index is 13.8. The molecule has 2 rings (SSSR count). The van der Waals surface area contributed by atoms with Crippen LogP contribution in [0.2, 0.25) is 0 Å². The molecule has 2 aromatic rings. The van der Waals surface area contributed by atoms with Crippen molar-refractivity contribution in [1.29, 1.82) is 0 Å². The molecule has 0 spiro atoms. The van der Waals surface area contributed by atoms with E-state index in [-0.39, 0.29) is 5.54 Å². The zero-order chi connectivity index (χ0) is 14.2. The number of benzene rings is 1. The molecule has 0 bridgehead atoms. The van der Waals surface area contributed by atoms with Crippen LogP contribution in [0.1, 0.15) is 38.0 Å². The summed E-state index contributed by atoms with van der Waals surface area (Å²) in [4.78, 5) is 0. The number of aromatic amines is 1.